The molecule has 2 aromatic carbocycles. The lowest BCUT2D eigenvalue weighted by Gasteiger charge is -2.22. The van der Waals surface area contributed by atoms with Gasteiger partial charge in [0, 0.05) is 5.92 Å². The van der Waals surface area contributed by atoms with Gasteiger partial charge in [-0.05, 0) is 42.3 Å². The third-order valence-corrected chi connectivity index (χ3v) is 4.32. The van der Waals surface area contributed by atoms with Crippen molar-refractivity contribution < 1.29 is 13.6 Å². The van der Waals surface area contributed by atoms with E-state index in [0.29, 0.717) is 5.56 Å². The summed E-state index contributed by atoms with van der Waals surface area (Å²) in [5.41, 5.74) is 5.86. The van der Waals surface area contributed by atoms with Crippen LogP contribution in [0.15, 0.2) is 41.2 Å². The van der Waals surface area contributed by atoms with E-state index in [9.17, 15) is 18.4 Å². The smallest absolute Gasteiger partial charge is 0.278 e. The van der Waals surface area contributed by atoms with Gasteiger partial charge in [-0.1, -0.05) is 24.3 Å². The van der Waals surface area contributed by atoms with Gasteiger partial charge in [-0.3, -0.25) is 9.59 Å². The first-order chi connectivity index (χ1) is 12.3. The minimum Gasteiger partial charge on any atom is -0.368 e. The summed E-state index contributed by atoms with van der Waals surface area (Å²) in [6, 6.07) is 6.75. The summed E-state index contributed by atoms with van der Waals surface area (Å²) >= 11 is 0. The largest absolute Gasteiger partial charge is 0.368 e. The highest BCUT2D eigenvalue weighted by Gasteiger charge is 2.30. The van der Waals surface area contributed by atoms with E-state index in [0.717, 1.165) is 16.8 Å². The van der Waals surface area contributed by atoms with Gasteiger partial charge in [-0.25, -0.2) is 8.78 Å². The molecule has 26 heavy (non-hydrogen) atoms. The number of hydrogen-bond donors (Lipinski definition) is 1. The van der Waals surface area contributed by atoms with Crippen LogP contribution in [-0.2, 0) is 4.79 Å². The quantitative estimate of drug-likeness (QED) is 0.774. The molecule has 2 N–H and O–H groups in total. The number of nitrogens with zero attached hydrogens (tertiary/aromatic N) is 3. The zero-order chi connectivity index (χ0) is 19.0. The summed E-state index contributed by atoms with van der Waals surface area (Å²) in [4.78, 5) is 24.7. The second kappa shape index (κ2) is 6.62. The number of amides is 1. The van der Waals surface area contributed by atoms with Gasteiger partial charge in [-0.15, -0.1) is 5.10 Å². The molecule has 0 aliphatic rings. The Morgan fingerprint density at radius 3 is 2.58 bits per heavy atom. The molecule has 3 rings (SSSR count). The number of nitrogens with two attached hydrogens (primary N) is 1. The summed E-state index contributed by atoms with van der Waals surface area (Å²) in [7, 11) is 0. The maximum Gasteiger partial charge on any atom is 0.278 e. The maximum absolute atomic E-state index is 14.3. The molecule has 134 valence electrons. The van der Waals surface area contributed by atoms with Crippen LogP contribution >= 0.6 is 0 Å². The second-order valence-corrected chi connectivity index (χ2v) is 6.16. The molecule has 1 amide bonds. The summed E-state index contributed by atoms with van der Waals surface area (Å²) in [5.74, 6) is -2.80. The zero-order valence-electron chi connectivity index (χ0n) is 14.1. The van der Waals surface area contributed by atoms with Crippen molar-refractivity contribution in [3.05, 3.63) is 69.5 Å². The van der Waals surface area contributed by atoms with Crippen molar-refractivity contribution in [2.24, 2.45) is 5.73 Å². The molecule has 3 aromatic rings. The third kappa shape index (κ3) is 3.05. The van der Waals surface area contributed by atoms with Gasteiger partial charge in [0.1, 0.15) is 23.2 Å². The fourth-order valence-corrected chi connectivity index (χ4v) is 2.96. The molecule has 0 aliphatic carbocycles. The van der Waals surface area contributed by atoms with Gasteiger partial charge in [0.2, 0.25) is 5.91 Å². The number of aryl methyl sites for hydroxylation is 1. The van der Waals surface area contributed by atoms with Gasteiger partial charge in [0.05, 0.1) is 5.39 Å². The predicted molar refractivity (Wildman–Crippen MR) is 91.5 cm³/mol. The summed E-state index contributed by atoms with van der Waals surface area (Å²) < 4.78 is 28.6. The fourth-order valence-electron chi connectivity index (χ4n) is 2.96. The monoisotopic (exact) mass is 358 g/mol. The number of aromatic nitrogens is 3. The Hall–Kier alpha value is -3.16. The number of hydrogen-bond acceptors (Lipinski definition) is 4. The standard InChI is InChI=1S/C18H16F2N4O2/c1-9-3-5-12(14(20)7-9)10(2)16(17(21)25)24-18(26)13-8-11(19)4-6-15(13)22-23-24/h3-8,10,16H,1-2H3,(H2,21,25). The molecule has 0 fully saturated rings. The number of fused-ring (bicyclic) bond motifs is 1. The predicted octanol–water partition coefficient (Wildman–Crippen LogP) is 2.21. The second-order valence-electron chi connectivity index (χ2n) is 6.16. The lowest BCUT2D eigenvalue weighted by atomic mass is 9.91. The van der Waals surface area contributed by atoms with E-state index in [1.54, 1.807) is 19.9 Å². The first-order valence-electron chi connectivity index (χ1n) is 7.89. The van der Waals surface area contributed by atoms with Crippen LogP contribution in [0.2, 0.25) is 0 Å². The first-order valence-corrected chi connectivity index (χ1v) is 7.89. The Morgan fingerprint density at radius 2 is 1.92 bits per heavy atom. The molecular weight excluding hydrogens is 342 g/mol. The lowest BCUT2D eigenvalue weighted by molar-refractivity contribution is -0.122. The molecule has 0 saturated carbocycles. The van der Waals surface area contributed by atoms with Gasteiger partial charge < -0.3 is 5.73 Å². The number of halogens is 2. The highest BCUT2D eigenvalue weighted by atomic mass is 19.1. The minimum absolute atomic E-state index is 0.0390. The summed E-state index contributed by atoms with van der Waals surface area (Å²) in [5, 5.41) is 7.56. The normalized spacial score (nSPS) is 13.5. The third-order valence-electron chi connectivity index (χ3n) is 4.32. The molecule has 1 aromatic heterocycles. The average molecular weight is 358 g/mol. The first kappa shape index (κ1) is 17.7. The van der Waals surface area contributed by atoms with E-state index in [1.165, 1.54) is 18.2 Å². The molecule has 0 bridgehead atoms. The highest BCUT2D eigenvalue weighted by Crippen LogP contribution is 2.29. The van der Waals surface area contributed by atoms with Crippen molar-refractivity contribution in [1.82, 2.24) is 15.0 Å². The molecule has 0 saturated heterocycles. The van der Waals surface area contributed by atoms with Crippen molar-refractivity contribution in [2.45, 2.75) is 25.8 Å². The van der Waals surface area contributed by atoms with Crippen molar-refractivity contribution in [3.8, 4) is 0 Å². The zero-order valence-corrected chi connectivity index (χ0v) is 14.1. The minimum atomic E-state index is -1.28. The van der Waals surface area contributed by atoms with Gasteiger partial charge >= 0.3 is 0 Å². The van der Waals surface area contributed by atoms with E-state index < -0.39 is 35.1 Å². The maximum atomic E-state index is 14.3. The van der Waals surface area contributed by atoms with E-state index >= 15 is 0 Å². The molecule has 2 unspecified atom stereocenters. The molecule has 1 heterocycles. The summed E-state index contributed by atoms with van der Waals surface area (Å²) in [6.45, 7) is 3.30. The molecule has 0 spiro atoms. The van der Waals surface area contributed by atoms with Crippen LogP contribution in [0.25, 0.3) is 10.9 Å². The van der Waals surface area contributed by atoms with E-state index in [4.69, 9.17) is 5.73 Å². The van der Waals surface area contributed by atoms with Crippen molar-refractivity contribution in [3.63, 3.8) is 0 Å². The Labute approximate surface area is 147 Å². The van der Waals surface area contributed by atoms with Crippen LogP contribution < -0.4 is 11.3 Å². The average Bonchev–Trinajstić information content (AvgIpc) is 2.57. The van der Waals surface area contributed by atoms with Gasteiger partial charge in [0.15, 0.2) is 0 Å². The van der Waals surface area contributed by atoms with Crippen molar-refractivity contribution >= 4 is 16.8 Å². The van der Waals surface area contributed by atoms with E-state index in [-0.39, 0.29) is 16.5 Å². The van der Waals surface area contributed by atoms with Gasteiger partial charge in [-0.2, -0.15) is 4.68 Å². The number of carbonyl (C=O) groups excluding carboxylic acids is 1. The number of rotatable bonds is 4. The van der Waals surface area contributed by atoms with Crippen LogP contribution in [0, 0.1) is 18.6 Å². The highest BCUT2D eigenvalue weighted by molar-refractivity contribution is 5.81. The van der Waals surface area contributed by atoms with Crippen LogP contribution in [0.5, 0.6) is 0 Å². The van der Waals surface area contributed by atoms with E-state index in [2.05, 4.69) is 10.3 Å². The van der Waals surface area contributed by atoms with Crippen LogP contribution in [0.4, 0.5) is 8.78 Å². The Balaban J connectivity index is 2.17. The van der Waals surface area contributed by atoms with Crippen LogP contribution in [-0.4, -0.2) is 20.9 Å². The summed E-state index contributed by atoms with van der Waals surface area (Å²) in [6.07, 6.45) is 0. The Kier molecular flexibility index (Phi) is 4.50. The number of benzene rings is 2. The lowest BCUT2D eigenvalue weighted by Crippen LogP contribution is -2.39. The molecule has 0 radical (unpaired) electrons. The Morgan fingerprint density at radius 1 is 1.19 bits per heavy atom. The molecule has 8 heteroatoms. The van der Waals surface area contributed by atoms with Gasteiger partial charge in [0.25, 0.3) is 5.56 Å². The molecule has 0 aliphatic heterocycles. The van der Waals surface area contributed by atoms with Crippen molar-refractivity contribution in [2.75, 3.05) is 0 Å². The molecule has 6 nitrogen and oxygen atoms in total. The van der Waals surface area contributed by atoms with Crippen molar-refractivity contribution in [1.29, 1.82) is 0 Å². The molecule has 2 atom stereocenters. The number of carbonyl (C=O) groups is 1. The van der Waals surface area contributed by atoms with E-state index in [1.807, 2.05) is 0 Å². The van der Waals surface area contributed by atoms with Crippen LogP contribution in [0.1, 0.15) is 30.0 Å². The topological polar surface area (TPSA) is 90.9 Å². The number of primary amides is 1. The fraction of sp³-hybridized carbons (Fsp3) is 0.222. The molecular formula is C18H16F2N4O2. The Bertz CT molecular complexity index is 1060. The SMILES string of the molecule is Cc1ccc(C(C)C(C(N)=O)n2nnc3ccc(F)cc3c2=O)c(F)c1. The van der Waals surface area contributed by atoms with Crippen LogP contribution in [0.3, 0.4) is 0 Å².